The number of amides is 1. The van der Waals surface area contributed by atoms with Crippen LogP contribution in [-0.2, 0) is 17.8 Å². The van der Waals surface area contributed by atoms with Crippen LogP contribution in [0.1, 0.15) is 11.1 Å². The Balaban J connectivity index is 1.72. The monoisotopic (exact) mass is 395 g/mol. The molecule has 0 saturated heterocycles. The number of rotatable bonds is 5. The van der Waals surface area contributed by atoms with Gasteiger partial charge in [-0.3, -0.25) is 4.79 Å². The number of fused-ring (bicyclic) bond motifs is 1. The fourth-order valence-electron chi connectivity index (χ4n) is 2.79. The highest BCUT2D eigenvalue weighted by atomic mass is 35.5. The van der Waals surface area contributed by atoms with Gasteiger partial charge in [0, 0.05) is 24.2 Å². The second-order valence-corrected chi connectivity index (χ2v) is 6.83. The van der Waals surface area contributed by atoms with E-state index in [1.165, 1.54) is 0 Å². The van der Waals surface area contributed by atoms with Gasteiger partial charge in [-0.25, -0.2) is 0 Å². The summed E-state index contributed by atoms with van der Waals surface area (Å²) < 4.78 is 16.4. The average molecular weight is 396 g/mol. The molecule has 5 nitrogen and oxygen atoms in total. The van der Waals surface area contributed by atoms with Crippen LogP contribution in [0.4, 0.5) is 0 Å². The number of hydrogen-bond donors (Lipinski definition) is 0. The molecule has 0 N–H and O–H groups in total. The molecule has 26 heavy (non-hydrogen) atoms. The molecular formula is C19H19Cl2NO4. The number of methoxy groups -OCH3 is 1. The van der Waals surface area contributed by atoms with Crippen molar-refractivity contribution in [3.05, 3.63) is 51.5 Å². The third-order valence-corrected chi connectivity index (χ3v) is 4.60. The van der Waals surface area contributed by atoms with Gasteiger partial charge in [0.2, 0.25) is 5.91 Å². The van der Waals surface area contributed by atoms with E-state index >= 15 is 0 Å². The summed E-state index contributed by atoms with van der Waals surface area (Å²) in [4.78, 5) is 14.2. The van der Waals surface area contributed by atoms with E-state index < -0.39 is 0 Å². The highest BCUT2D eigenvalue weighted by Crippen LogP contribution is 2.38. The zero-order valence-electron chi connectivity index (χ0n) is 14.6. The summed E-state index contributed by atoms with van der Waals surface area (Å²) in [7, 11) is 3.33. The van der Waals surface area contributed by atoms with Gasteiger partial charge < -0.3 is 19.1 Å². The number of carbonyl (C=O) groups is 1. The molecule has 1 heterocycles. The molecule has 1 amide bonds. The SMILES string of the molecule is COc1ccc(Cl)cc1CN(C)C(=O)Cc1cc(Cl)c2c(c1)OCCO2. The summed E-state index contributed by atoms with van der Waals surface area (Å²) >= 11 is 12.3. The molecule has 2 aromatic carbocycles. The van der Waals surface area contributed by atoms with E-state index in [4.69, 9.17) is 37.4 Å². The van der Waals surface area contributed by atoms with Gasteiger partial charge in [-0.15, -0.1) is 0 Å². The minimum absolute atomic E-state index is 0.0558. The van der Waals surface area contributed by atoms with Crippen molar-refractivity contribution in [2.75, 3.05) is 27.4 Å². The van der Waals surface area contributed by atoms with Crippen LogP contribution in [0.3, 0.4) is 0 Å². The van der Waals surface area contributed by atoms with Gasteiger partial charge in [0.1, 0.15) is 19.0 Å². The van der Waals surface area contributed by atoms with Crippen LogP contribution in [0.5, 0.6) is 17.2 Å². The van der Waals surface area contributed by atoms with Crippen molar-refractivity contribution in [3.63, 3.8) is 0 Å². The Hall–Kier alpha value is -2.11. The van der Waals surface area contributed by atoms with E-state index in [-0.39, 0.29) is 12.3 Å². The predicted octanol–water partition coefficient (Wildman–Crippen LogP) is 3.97. The number of benzene rings is 2. The number of nitrogens with zero attached hydrogens (tertiary/aromatic N) is 1. The van der Waals surface area contributed by atoms with E-state index in [1.54, 1.807) is 49.4 Å². The normalized spacial score (nSPS) is 12.6. The third kappa shape index (κ3) is 4.17. The Bertz CT molecular complexity index is 825. The van der Waals surface area contributed by atoms with Crippen molar-refractivity contribution in [3.8, 4) is 17.2 Å². The van der Waals surface area contributed by atoms with Crippen LogP contribution in [0.2, 0.25) is 10.0 Å². The lowest BCUT2D eigenvalue weighted by Gasteiger charge is -2.22. The summed E-state index contributed by atoms with van der Waals surface area (Å²) in [5.74, 6) is 1.74. The highest BCUT2D eigenvalue weighted by molar-refractivity contribution is 6.32. The minimum atomic E-state index is -0.0558. The van der Waals surface area contributed by atoms with E-state index in [0.29, 0.717) is 47.1 Å². The molecule has 0 spiro atoms. The van der Waals surface area contributed by atoms with Crippen molar-refractivity contribution >= 4 is 29.1 Å². The van der Waals surface area contributed by atoms with E-state index in [1.807, 2.05) is 0 Å². The van der Waals surface area contributed by atoms with E-state index in [2.05, 4.69) is 0 Å². The maximum Gasteiger partial charge on any atom is 0.227 e. The van der Waals surface area contributed by atoms with Gasteiger partial charge in [-0.05, 0) is 35.9 Å². The molecule has 0 bridgehead atoms. The fraction of sp³-hybridized carbons (Fsp3) is 0.316. The number of hydrogen-bond acceptors (Lipinski definition) is 4. The number of ether oxygens (including phenoxy) is 3. The van der Waals surface area contributed by atoms with E-state index in [9.17, 15) is 4.79 Å². The lowest BCUT2D eigenvalue weighted by Crippen LogP contribution is -2.28. The molecule has 2 aromatic rings. The lowest BCUT2D eigenvalue weighted by molar-refractivity contribution is -0.129. The Labute approximate surface area is 162 Å². The quantitative estimate of drug-likeness (QED) is 0.768. The van der Waals surface area contributed by atoms with Gasteiger partial charge in [-0.1, -0.05) is 23.2 Å². The van der Waals surface area contributed by atoms with Crippen LogP contribution in [0.25, 0.3) is 0 Å². The molecule has 138 valence electrons. The molecule has 7 heteroatoms. The summed E-state index contributed by atoms with van der Waals surface area (Å²) in [6.45, 7) is 1.32. The van der Waals surface area contributed by atoms with Gasteiger partial charge in [0.15, 0.2) is 11.5 Å². The zero-order chi connectivity index (χ0) is 18.7. The first-order valence-electron chi connectivity index (χ1n) is 8.12. The summed E-state index contributed by atoms with van der Waals surface area (Å²) in [6.07, 6.45) is 0.204. The molecule has 0 atom stereocenters. The number of likely N-dealkylation sites (N-methyl/N-ethyl adjacent to an activating group) is 1. The predicted molar refractivity (Wildman–Crippen MR) is 101 cm³/mol. The molecule has 0 unspecified atom stereocenters. The number of carbonyl (C=O) groups excluding carboxylic acids is 1. The molecule has 0 aromatic heterocycles. The van der Waals surface area contributed by atoms with Gasteiger partial charge in [-0.2, -0.15) is 0 Å². The highest BCUT2D eigenvalue weighted by Gasteiger charge is 2.19. The maximum absolute atomic E-state index is 12.6. The summed E-state index contributed by atoms with van der Waals surface area (Å²) in [5.41, 5.74) is 1.62. The lowest BCUT2D eigenvalue weighted by atomic mass is 10.1. The fourth-order valence-corrected chi connectivity index (χ4v) is 3.27. The Kier molecular flexibility index (Phi) is 5.79. The van der Waals surface area contributed by atoms with E-state index in [0.717, 1.165) is 11.1 Å². The van der Waals surface area contributed by atoms with Crippen molar-refractivity contribution in [1.29, 1.82) is 0 Å². The molecule has 0 aliphatic carbocycles. The second-order valence-electron chi connectivity index (χ2n) is 5.98. The first-order chi connectivity index (χ1) is 12.5. The Morgan fingerprint density at radius 2 is 1.96 bits per heavy atom. The third-order valence-electron chi connectivity index (χ3n) is 4.09. The maximum atomic E-state index is 12.6. The van der Waals surface area contributed by atoms with Crippen molar-refractivity contribution < 1.29 is 19.0 Å². The minimum Gasteiger partial charge on any atom is -0.496 e. The first kappa shape index (κ1) is 18.7. The summed E-state index contributed by atoms with van der Waals surface area (Å²) in [5, 5.41) is 1.05. The van der Waals surface area contributed by atoms with Gasteiger partial charge in [0.25, 0.3) is 0 Å². The van der Waals surface area contributed by atoms with Crippen LogP contribution in [-0.4, -0.2) is 38.2 Å². The Morgan fingerprint density at radius 3 is 2.73 bits per heavy atom. The van der Waals surface area contributed by atoms with Crippen molar-refractivity contribution in [1.82, 2.24) is 4.90 Å². The average Bonchev–Trinajstić information content (AvgIpc) is 2.62. The molecule has 1 aliphatic heterocycles. The van der Waals surface area contributed by atoms with Crippen LogP contribution < -0.4 is 14.2 Å². The Morgan fingerprint density at radius 1 is 1.19 bits per heavy atom. The van der Waals surface area contributed by atoms with Gasteiger partial charge >= 0.3 is 0 Å². The molecular weight excluding hydrogens is 377 g/mol. The molecule has 0 radical (unpaired) electrons. The molecule has 0 saturated carbocycles. The largest absolute Gasteiger partial charge is 0.496 e. The van der Waals surface area contributed by atoms with Crippen molar-refractivity contribution in [2.45, 2.75) is 13.0 Å². The molecule has 1 aliphatic rings. The van der Waals surface area contributed by atoms with Crippen LogP contribution in [0.15, 0.2) is 30.3 Å². The van der Waals surface area contributed by atoms with Crippen LogP contribution in [0, 0.1) is 0 Å². The summed E-state index contributed by atoms with van der Waals surface area (Å²) in [6, 6.07) is 8.87. The zero-order valence-corrected chi connectivity index (χ0v) is 16.1. The van der Waals surface area contributed by atoms with Crippen molar-refractivity contribution in [2.24, 2.45) is 0 Å². The standard InChI is InChI=1S/C19H19Cl2NO4/c1-22(11-13-10-14(20)3-4-16(13)24-2)18(23)9-12-7-15(21)19-17(8-12)25-5-6-26-19/h3-4,7-8,10H,5-6,9,11H2,1-2H3. The first-order valence-corrected chi connectivity index (χ1v) is 8.88. The van der Waals surface area contributed by atoms with Crippen LogP contribution >= 0.6 is 23.2 Å². The van der Waals surface area contributed by atoms with Gasteiger partial charge in [0.05, 0.1) is 18.6 Å². The number of halogens is 2. The smallest absolute Gasteiger partial charge is 0.227 e. The second kappa shape index (κ2) is 8.06. The molecule has 0 fully saturated rings. The molecule has 3 rings (SSSR count). The topological polar surface area (TPSA) is 48.0 Å².